The van der Waals surface area contributed by atoms with Crippen molar-refractivity contribution in [3.8, 4) is 44.5 Å². The van der Waals surface area contributed by atoms with Gasteiger partial charge in [-0.05, 0) is 193 Å². The van der Waals surface area contributed by atoms with E-state index in [9.17, 15) is 0 Å². The Morgan fingerprint density at radius 1 is 0.280 bits per heavy atom. The van der Waals surface area contributed by atoms with Gasteiger partial charge in [-0.3, -0.25) is 0 Å². The van der Waals surface area contributed by atoms with Crippen molar-refractivity contribution in [2.24, 2.45) is 11.3 Å². The first-order chi connectivity index (χ1) is 45.2. The molecule has 0 radical (unpaired) electrons. The summed E-state index contributed by atoms with van der Waals surface area (Å²) in [6, 6.07) is 108. The third-order valence-electron chi connectivity index (χ3n) is 22.8. The standard InChI is InChI=1S/C91H74N2/c1-56(2)90(75-50-44-57-28-16-18-34-63(57)83(75)85-71-40-22-20-38-69(71)81(54-79(85)90)92(59-30-12-10-13-31-59)61-46-48-67-65-36-24-26-42-73(65)88(6,7)77(67)52-61)91(87(3,4)5)76-51-45-58-29-17-19-35-64(58)84(76)86-72-41-23-21-39-70(72)82(55-80(86)91)93(60-32-14-11-15-33-60)62-47-49-68-66-37-25-27-43-74(66)89(8,9)78(68)53-62/h10-56H,1-9H3. The number of hydrogen-bond acceptors (Lipinski definition) is 2. The maximum Gasteiger partial charge on any atom is 0.0543 e. The van der Waals surface area contributed by atoms with Gasteiger partial charge in [0.15, 0.2) is 0 Å². The molecule has 14 aromatic rings. The first kappa shape index (κ1) is 55.6. The lowest BCUT2D eigenvalue weighted by molar-refractivity contribution is 0.109. The molecule has 0 fully saturated rings. The molecular weight excluding hydrogens is 1120 g/mol. The number of fused-ring (bicyclic) bond motifs is 20. The fraction of sp³-hybridized carbons (Fsp3) is 0.165. The lowest BCUT2D eigenvalue weighted by Gasteiger charge is -2.59. The summed E-state index contributed by atoms with van der Waals surface area (Å²) in [5.41, 5.74) is 26.1. The van der Waals surface area contributed by atoms with Crippen LogP contribution in [0.5, 0.6) is 0 Å². The predicted molar refractivity (Wildman–Crippen MR) is 394 cm³/mol. The fourth-order valence-corrected chi connectivity index (χ4v) is 19.2. The van der Waals surface area contributed by atoms with Crippen LogP contribution in [0.3, 0.4) is 0 Å². The topological polar surface area (TPSA) is 6.48 Å². The van der Waals surface area contributed by atoms with Crippen LogP contribution in [-0.4, -0.2) is 0 Å². The van der Waals surface area contributed by atoms with Gasteiger partial charge in [-0.2, -0.15) is 0 Å². The molecule has 0 saturated heterocycles. The summed E-state index contributed by atoms with van der Waals surface area (Å²) in [4.78, 5) is 5.20. The minimum Gasteiger partial charge on any atom is -0.310 e. The van der Waals surface area contributed by atoms with E-state index in [1.165, 1.54) is 143 Å². The van der Waals surface area contributed by atoms with Crippen LogP contribution in [0.1, 0.15) is 107 Å². The zero-order chi connectivity index (χ0) is 63.1. The molecule has 93 heavy (non-hydrogen) atoms. The zero-order valence-corrected chi connectivity index (χ0v) is 54.5. The highest BCUT2D eigenvalue weighted by Gasteiger charge is 2.69. The molecule has 0 heterocycles. The van der Waals surface area contributed by atoms with E-state index in [2.05, 4.69) is 351 Å². The molecule has 0 bridgehead atoms. The fourth-order valence-electron chi connectivity index (χ4n) is 19.2. The zero-order valence-electron chi connectivity index (χ0n) is 54.5. The third-order valence-corrected chi connectivity index (χ3v) is 22.8. The van der Waals surface area contributed by atoms with Gasteiger partial charge in [0.1, 0.15) is 0 Å². The second kappa shape index (κ2) is 19.6. The molecule has 2 unspecified atom stereocenters. The van der Waals surface area contributed by atoms with E-state index in [-0.39, 0.29) is 16.7 Å². The maximum atomic E-state index is 2.71. The average Bonchev–Trinajstić information content (AvgIpc) is 1.48. The Hall–Kier alpha value is -10.3. The van der Waals surface area contributed by atoms with Gasteiger partial charge in [-0.1, -0.05) is 281 Å². The Morgan fingerprint density at radius 3 is 1.12 bits per heavy atom. The summed E-state index contributed by atoms with van der Waals surface area (Å²) in [7, 11) is 0. The second-order valence-corrected chi connectivity index (χ2v) is 29.3. The molecule has 0 aromatic heterocycles. The summed E-state index contributed by atoms with van der Waals surface area (Å²) in [6.07, 6.45) is 0. The number of rotatable bonds is 8. The smallest absolute Gasteiger partial charge is 0.0543 e. The monoisotopic (exact) mass is 1190 g/mol. The number of benzene rings is 14. The highest BCUT2D eigenvalue weighted by Crippen LogP contribution is 2.75. The maximum absolute atomic E-state index is 2.71. The highest BCUT2D eigenvalue weighted by atomic mass is 15.2. The Kier molecular flexibility index (Phi) is 11.7. The molecule has 0 spiro atoms. The van der Waals surface area contributed by atoms with Crippen LogP contribution in [-0.2, 0) is 21.7 Å². The molecule has 14 aromatic carbocycles. The molecule has 0 saturated carbocycles. The van der Waals surface area contributed by atoms with E-state index in [4.69, 9.17) is 0 Å². The van der Waals surface area contributed by atoms with Crippen molar-refractivity contribution in [1.29, 1.82) is 0 Å². The van der Waals surface area contributed by atoms with Gasteiger partial charge in [0, 0.05) is 55.2 Å². The molecule has 0 amide bonds. The number of para-hydroxylation sites is 2. The molecule has 4 aliphatic rings. The Bertz CT molecular complexity index is 5490. The van der Waals surface area contributed by atoms with Gasteiger partial charge in [0.05, 0.1) is 11.4 Å². The van der Waals surface area contributed by atoms with Gasteiger partial charge < -0.3 is 9.80 Å². The van der Waals surface area contributed by atoms with Gasteiger partial charge in [-0.15, -0.1) is 0 Å². The minimum absolute atomic E-state index is 0.0300. The molecule has 2 heteroatoms. The van der Waals surface area contributed by atoms with E-state index in [0.717, 1.165) is 22.7 Å². The molecule has 4 aliphatic carbocycles. The molecular formula is C91H74N2. The Labute approximate surface area is 547 Å². The van der Waals surface area contributed by atoms with Crippen LogP contribution in [0, 0.1) is 11.3 Å². The number of anilines is 6. The van der Waals surface area contributed by atoms with Crippen molar-refractivity contribution in [3.05, 3.63) is 324 Å². The Balaban J connectivity index is 1.00. The Morgan fingerprint density at radius 2 is 0.645 bits per heavy atom. The molecule has 18 rings (SSSR count). The summed E-state index contributed by atoms with van der Waals surface area (Å²) < 4.78 is 0. The van der Waals surface area contributed by atoms with Crippen LogP contribution in [0.2, 0.25) is 0 Å². The SMILES string of the molecule is CC(C)C1(C2(C(C)(C)C)c3ccc4ccccc4c3-c3c2cc(N(c2ccccc2)c2ccc4c(c2)C(C)(C)c2ccccc2-4)c2ccccc32)c2ccc3ccccc3c2-c2c1cc(N(c1ccccc1)c1ccc3c(c1)C(C)(C)c1ccccc1-3)c1ccccc21. The normalized spacial score (nSPS) is 17.4. The van der Waals surface area contributed by atoms with E-state index in [0.29, 0.717) is 0 Å². The van der Waals surface area contributed by atoms with E-state index in [1.54, 1.807) is 0 Å². The van der Waals surface area contributed by atoms with E-state index in [1.807, 2.05) is 0 Å². The van der Waals surface area contributed by atoms with Crippen molar-refractivity contribution in [2.45, 2.75) is 84.0 Å². The predicted octanol–water partition coefficient (Wildman–Crippen LogP) is 24.8. The first-order valence-electron chi connectivity index (χ1n) is 33.5. The van der Waals surface area contributed by atoms with Crippen molar-refractivity contribution in [3.63, 3.8) is 0 Å². The summed E-state index contributed by atoms with van der Waals surface area (Å²) in [6.45, 7) is 22.5. The largest absolute Gasteiger partial charge is 0.310 e. The lowest BCUT2D eigenvalue weighted by atomic mass is 9.42. The van der Waals surface area contributed by atoms with Crippen molar-refractivity contribution in [2.75, 3.05) is 9.80 Å². The summed E-state index contributed by atoms with van der Waals surface area (Å²) in [5.74, 6) is 0.0300. The quantitative estimate of drug-likeness (QED) is 0.150. The van der Waals surface area contributed by atoms with Gasteiger partial charge in [0.2, 0.25) is 0 Å². The van der Waals surface area contributed by atoms with Crippen LogP contribution < -0.4 is 9.80 Å². The molecule has 0 N–H and O–H groups in total. The van der Waals surface area contributed by atoms with E-state index < -0.39 is 16.2 Å². The molecule has 448 valence electrons. The van der Waals surface area contributed by atoms with Crippen LogP contribution in [0.15, 0.2) is 279 Å². The van der Waals surface area contributed by atoms with Gasteiger partial charge in [0.25, 0.3) is 0 Å². The lowest BCUT2D eigenvalue weighted by Crippen LogP contribution is -2.59. The average molecular weight is 1200 g/mol. The minimum atomic E-state index is -0.755. The second-order valence-electron chi connectivity index (χ2n) is 29.3. The van der Waals surface area contributed by atoms with Crippen molar-refractivity contribution < 1.29 is 0 Å². The molecule has 0 aliphatic heterocycles. The van der Waals surface area contributed by atoms with Crippen LogP contribution in [0.4, 0.5) is 34.1 Å². The first-order valence-corrected chi connectivity index (χ1v) is 33.5. The van der Waals surface area contributed by atoms with Gasteiger partial charge >= 0.3 is 0 Å². The van der Waals surface area contributed by atoms with Gasteiger partial charge in [-0.25, -0.2) is 0 Å². The number of nitrogens with zero attached hydrogens (tertiary/aromatic N) is 2. The summed E-state index contributed by atoms with van der Waals surface area (Å²) in [5, 5.41) is 10.0. The van der Waals surface area contributed by atoms with Crippen LogP contribution in [0.25, 0.3) is 87.6 Å². The number of hydrogen-bond donors (Lipinski definition) is 0. The van der Waals surface area contributed by atoms with Crippen molar-refractivity contribution >= 4 is 77.2 Å². The molecule has 2 atom stereocenters. The van der Waals surface area contributed by atoms with Crippen LogP contribution >= 0.6 is 0 Å². The molecule has 2 nitrogen and oxygen atoms in total. The summed E-state index contributed by atoms with van der Waals surface area (Å²) >= 11 is 0. The third kappa shape index (κ3) is 7.25. The highest BCUT2D eigenvalue weighted by molar-refractivity contribution is 6.19. The van der Waals surface area contributed by atoms with E-state index >= 15 is 0 Å². The van der Waals surface area contributed by atoms with Crippen molar-refractivity contribution in [1.82, 2.24) is 0 Å².